The molecular weight excluding hydrogens is 392 g/mol. The molecule has 0 saturated carbocycles. The number of piperidine rings is 1. The maximum absolute atomic E-state index is 11.1. The summed E-state index contributed by atoms with van der Waals surface area (Å²) in [5.41, 5.74) is 1.94. The molecule has 0 spiro atoms. The number of benzene rings is 2. The van der Waals surface area contributed by atoms with Gasteiger partial charge in [-0.15, -0.1) is 16.1 Å². The number of hydrogen-bond acceptors (Lipinski definition) is 6. The molecule has 1 aromatic heterocycles. The SMILES string of the molecule is CC#Cc1ccc(-c2nnc(N[C@@H]3CCCN(CC(=O)O)C3)c3ccccc23)c(O)c1. The molecule has 158 valence electrons. The lowest BCUT2D eigenvalue weighted by Crippen LogP contribution is -2.44. The summed E-state index contributed by atoms with van der Waals surface area (Å²) in [6.07, 6.45) is 1.86. The molecule has 0 amide bonds. The van der Waals surface area contributed by atoms with Gasteiger partial charge in [-0.3, -0.25) is 9.69 Å². The number of anilines is 1. The number of aromatic nitrogens is 2. The highest BCUT2D eigenvalue weighted by Gasteiger charge is 2.23. The van der Waals surface area contributed by atoms with Crippen molar-refractivity contribution in [2.45, 2.75) is 25.8 Å². The molecule has 2 aromatic carbocycles. The maximum atomic E-state index is 11.1. The first-order chi connectivity index (χ1) is 15.0. The molecule has 7 heteroatoms. The normalized spacial score (nSPS) is 16.5. The zero-order valence-electron chi connectivity index (χ0n) is 17.3. The van der Waals surface area contributed by atoms with Crippen LogP contribution in [0.15, 0.2) is 42.5 Å². The molecule has 0 radical (unpaired) electrons. The van der Waals surface area contributed by atoms with Gasteiger partial charge in [-0.2, -0.15) is 0 Å². The predicted molar refractivity (Wildman–Crippen MR) is 120 cm³/mol. The van der Waals surface area contributed by atoms with E-state index in [0.29, 0.717) is 23.6 Å². The number of aliphatic carboxylic acids is 1. The van der Waals surface area contributed by atoms with Crippen LogP contribution >= 0.6 is 0 Å². The highest BCUT2D eigenvalue weighted by atomic mass is 16.4. The van der Waals surface area contributed by atoms with Crippen molar-refractivity contribution in [1.82, 2.24) is 15.1 Å². The van der Waals surface area contributed by atoms with Gasteiger partial charge in [-0.05, 0) is 44.5 Å². The zero-order chi connectivity index (χ0) is 21.8. The molecule has 1 fully saturated rings. The van der Waals surface area contributed by atoms with Crippen LogP contribution < -0.4 is 5.32 Å². The Morgan fingerprint density at radius 3 is 2.77 bits per heavy atom. The molecule has 1 aliphatic rings. The molecule has 7 nitrogen and oxygen atoms in total. The van der Waals surface area contributed by atoms with Crippen molar-refractivity contribution in [2.24, 2.45) is 0 Å². The number of carboxylic acids is 1. The molecule has 3 aromatic rings. The Balaban J connectivity index is 1.66. The topological polar surface area (TPSA) is 98.6 Å². The minimum atomic E-state index is -0.814. The van der Waals surface area contributed by atoms with Crippen LogP contribution in [0, 0.1) is 11.8 Å². The van der Waals surface area contributed by atoms with E-state index >= 15 is 0 Å². The second kappa shape index (κ2) is 9.02. The molecule has 1 saturated heterocycles. The van der Waals surface area contributed by atoms with Crippen molar-refractivity contribution in [3.8, 4) is 28.8 Å². The fraction of sp³-hybridized carbons (Fsp3) is 0.292. The van der Waals surface area contributed by atoms with Crippen LogP contribution in [0.4, 0.5) is 5.82 Å². The lowest BCUT2D eigenvalue weighted by atomic mass is 10.0. The zero-order valence-corrected chi connectivity index (χ0v) is 17.3. The van der Waals surface area contributed by atoms with E-state index in [2.05, 4.69) is 27.4 Å². The molecule has 2 heterocycles. The minimum absolute atomic E-state index is 0.0429. The van der Waals surface area contributed by atoms with Gasteiger partial charge in [0.25, 0.3) is 0 Å². The lowest BCUT2D eigenvalue weighted by molar-refractivity contribution is -0.138. The average molecular weight is 416 g/mol. The van der Waals surface area contributed by atoms with E-state index in [1.165, 1.54) is 0 Å². The summed E-state index contributed by atoms with van der Waals surface area (Å²) in [6.45, 7) is 3.22. The van der Waals surface area contributed by atoms with Gasteiger partial charge in [0.05, 0.1) is 6.54 Å². The second-order valence-corrected chi connectivity index (χ2v) is 7.66. The summed E-state index contributed by atoms with van der Waals surface area (Å²) >= 11 is 0. The van der Waals surface area contributed by atoms with Gasteiger partial charge in [0.15, 0.2) is 5.82 Å². The number of hydrogen-bond donors (Lipinski definition) is 3. The summed E-state index contributed by atoms with van der Waals surface area (Å²) in [5, 5.41) is 33.7. The van der Waals surface area contributed by atoms with Crippen LogP contribution in [0.3, 0.4) is 0 Å². The Bertz CT molecular complexity index is 1180. The third kappa shape index (κ3) is 4.60. The monoisotopic (exact) mass is 416 g/mol. The van der Waals surface area contributed by atoms with Crippen LogP contribution in [0.25, 0.3) is 22.0 Å². The Labute approximate surface area is 180 Å². The van der Waals surface area contributed by atoms with Gasteiger partial charge >= 0.3 is 5.97 Å². The van der Waals surface area contributed by atoms with Crippen molar-refractivity contribution in [3.05, 3.63) is 48.0 Å². The van der Waals surface area contributed by atoms with Gasteiger partial charge in [0.1, 0.15) is 11.4 Å². The summed E-state index contributed by atoms with van der Waals surface area (Å²) in [5.74, 6) is 5.72. The summed E-state index contributed by atoms with van der Waals surface area (Å²) in [4.78, 5) is 13.0. The largest absolute Gasteiger partial charge is 0.507 e. The van der Waals surface area contributed by atoms with Crippen LogP contribution in [0.2, 0.25) is 0 Å². The molecule has 1 atom stereocenters. The first-order valence-electron chi connectivity index (χ1n) is 10.3. The number of nitrogens with zero attached hydrogens (tertiary/aromatic N) is 3. The van der Waals surface area contributed by atoms with Crippen molar-refractivity contribution in [2.75, 3.05) is 25.0 Å². The van der Waals surface area contributed by atoms with Crippen molar-refractivity contribution in [1.29, 1.82) is 0 Å². The average Bonchev–Trinajstić information content (AvgIpc) is 2.75. The van der Waals surface area contributed by atoms with E-state index in [-0.39, 0.29) is 18.3 Å². The van der Waals surface area contributed by atoms with E-state index in [4.69, 9.17) is 5.11 Å². The minimum Gasteiger partial charge on any atom is -0.507 e. The van der Waals surface area contributed by atoms with Crippen molar-refractivity contribution >= 4 is 22.6 Å². The Kier molecular flexibility index (Phi) is 6.01. The first kappa shape index (κ1) is 20.6. The number of rotatable bonds is 5. The lowest BCUT2D eigenvalue weighted by Gasteiger charge is -2.32. The van der Waals surface area contributed by atoms with E-state index in [1.54, 1.807) is 13.0 Å². The van der Waals surface area contributed by atoms with Crippen LogP contribution in [0.5, 0.6) is 5.75 Å². The number of phenols is 1. The second-order valence-electron chi connectivity index (χ2n) is 7.66. The number of nitrogens with one attached hydrogen (secondary N) is 1. The number of fused-ring (bicyclic) bond motifs is 1. The smallest absolute Gasteiger partial charge is 0.317 e. The van der Waals surface area contributed by atoms with E-state index < -0.39 is 5.97 Å². The number of likely N-dealkylation sites (tertiary alicyclic amines) is 1. The fourth-order valence-corrected chi connectivity index (χ4v) is 4.06. The number of carboxylic acid groups (broad SMARTS) is 1. The van der Waals surface area contributed by atoms with Crippen LogP contribution in [-0.4, -0.2) is 57.0 Å². The quantitative estimate of drug-likeness (QED) is 0.549. The van der Waals surface area contributed by atoms with Crippen LogP contribution in [0.1, 0.15) is 25.3 Å². The standard InChI is InChI=1S/C24H24N4O3/c1-2-6-16-10-11-20(21(29)13-16)23-18-8-3-4-9-19(18)24(27-26-23)25-17-7-5-12-28(14-17)15-22(30)31/h3-4,8-11,13,17,29H,5,7,12,14-15H2,1H3,(H,25,27)(H,30,31)/t17-/m1/s1. The Hall–Kier alpha value is -3.63. The summed E-state index contributed by atoms with van der Waals surface area (Å²) in [6, 6.07) is 13.2. The molecule has 31 heavy (non-hydrogen) atoms. The van der Waals surface area contributed by atoms with Gasteiger partial charge in [0, 0.05) is 34.5 Å². The molecule has 0 bridgehead atoms. The molecular formula is C24H24N4O3. The molecule has 3 N–H and O–H groups in total. The Morgan fingerprint density at radius 1 is 1.23 bits per heavy atom. The van der Waals surface area contributed by atoms with Crippen molar-refractivity contribution in [3.63, 3.8) is 0 Å². The van der Waals surface area contributed by atoms with Gasteiger partial charge in [-0.25, -0.2) is 0 Å². The summed E-state index contributed by atoms with van der Waals surface area (Å²) < 4.78 is 0. The summed E-state index contributed by atoms with van der Waals surface area (Å²) in [7, 11) is 0. The molecule has 1 aliphatic heterocycles. The van der Waals surface area contributed by atoms with Crippen LogP contribution in [-0.2, 0) is 4.79 Å². The van der Waals surface area contributed by atoms with E-state index in [0.717, 1.165) is 35.7 Å². The first-order valence-corrected chi connectivity index (χ1v) is 10.3. The van der Waals surface area contributed by atoms with E-state index in [1.807, 2.05) is 41.3 Å². The maximum Gasteiger partial charge on any atom is 0.317 e. The number of phenolic OH excluding ortho intramolecular Hbond substituents is 1. The highest BCUT2D eigenvalue weighted by Crippen LogP contribution is 2.35. The predicted octanol–water partition coefficient (Wildman–Crippen LogP) is 3.33. The van der Waals surface area contributed by atoms with E-state index in [9.17, 15) is 9.90 Å². The molecule has 4 rings (SSSR count). The van der Waals surface area contributed by atoms with Gasteiger partial charge in [-0.1, -0.05) is 30.2 Å². The van der Waals surface area contributed by atoms with Gasteiger partial charge in [0.2, 0.25) is 0 Å². The molecule has 0 aliphatic carbocycles. The fourth-order valence-electron chi connectivity index (χ4n) is 4.06. The third-order valence-corrected chi connectivity index (χ3v) is 5.41. The van der Waals surface area contributed by atoms with Crippen molar-refractivity contribution < 1.29 is 15.0 Å². The molecule has 0 unspecified atom stereocenters. The highest BCUT2D eigenvalue weighted by molar-refractivity contribution is 6.01. The number of aromatic hydroxyl groups is 1. The van der Waals surface area contributed by atoms with Gasteiger partial charge < -0.3 is 15.5 Å². The Morgan fingerprint density at radius 2 is 2.03 bits per heavy atom. The third-order valence-electron chi connectivity index (χ3n) is 5.41. The number of carbonyl (C=O) groups is 1.